The molecule has 27 heavy (non-hydrogen) atoms. The second kappa shape index (κ2) is 9.08. The van der Waals surface area contributed by atoms with Gasteiger partial charge in [-0.3, -0.25) is 14.4 Å². The highest BCUT2D eigenvalue weighted by atomic mass is 35.5. The van der Waals surface area contributed by atoms with E-state index in [9.17, 15) is 14.4 Å². The van der Waals surface area contributed by atoms with Crippen molar-refractivity contribution >= 4 is 52.6 Å². The third-order valence-electron chi connectivity index (χ3n) is 3.59. The van der Waals surface area contributed by atoms with Crippen LogP contribution in [-0.2, 0) is 11.3 Å². The zero-order chi connectivity index (χ0) is 20.1. The average molecular weight is 430 g/mol. The monoisotopic (exact) mass is 428 g/mol. The first kappa shape index (κ1) is 21.0. The van der Waals surface area contributed by atoms with E-state index in [2.05, 4.69) is 10.6 Å². The van der Waals surface area contributed by atoms with Gasteiger partial charge in [-0.1, -0.05) is 46.9 Å². The van der Waals surface area contributed by atoms with E-state index in [1.54, 1.807) is 18.2 Å². The molecule has 2 rings (SSSR count). The number of hydrogen-bond acceptors (Lipinski definition) is 3. The summed E-state index contributed by atoms with van der Waals surface area (Å²) in [5.41, 5.74) is 0.874. The van der Waals surface area contributed by atoms with Gasteiger partial charge in [-0.15, -0.1) is 0 Å². The van der Waals surface area contributed by atoms with Crippen molar-refractivity contribution in [2.75, 3.05) is 0 Å². The second-order valence-electron chi connectivity index (χ2n) is 5.66. The van der Waals surface area contributed by atoms with Crippen LogP contribution in [0.15, 0.2) is 36.4 Å². The van der Waals surface area contributed by atoms with Crippen LogP contribution in [0.3, 0.4) is 0 Å². The number of nitrogens with one attached hydrogen (secondary N) is 2. The van der Waals surface area contributed by atoms with Gasteiger partial charge < -0.3 is 15.7 Å². The highest BCUT2D eigenvalue weighted by molar-refractivity contribution is 6.40. The summed E-state index contributed by atoms with van der Waals surface area (Å²) in [6, 6.07) is 8.49. The van der Waals surface area contributed by atoms with Crippen molar-refractivity contribution in [1.29, 1.82) is 0 Å². The molecule has 0 heterocycles. The normalized spacial score (nSPS) is 11.6. The van der Waals surface area contributed by atoms with Crippen LogP contribution in [-0.4, -0.2) is 28.9 Å². The van der Waals surface area contributed by atoms with E-state index in [1.807, 2.05) is 6.07 Å². The molecule has 1 atom stereocenters. The molecule has 0 aromatic heterocycles. The van der Waals surface area contributed by atoms with Gasteiger partial charge in [0.25, 0.3) is 11.8 Å². The summed E-state index contributed by atoms with van der Waals surface area (Å²) in [6.45, 7) is 1.55. The van der Waals surface area contributed by atoms with Gasteiger partial charge in [-0.05, 0) is 36.8 Å². The topological polar surface area (TPSA) is 95.5 Å². The molecule has 3 N–H and O–H groups in total. The van der Waals surface area contributed by atoms with Crippen LogP contribution in [0.25, 0.3) is 0 Å². The first-order chi connectivity index (χ1) is 12.7. The molecule has 0 radical (unpaired) electrons. The summed E-state index contributed by atoms with van der Waals surface area (Å²) in [4.78, 5) is 35.3. The lowest BCUT2D eigenvalue weighted by atomic mass is 10.1. The Hall–Kier alpha value is -2.28. The number of hydrogen-bond donors (Lipinski definition) is 3. The molecule has 2 aromatic rings. The molecular weight excluding hydrogens is 415 g/mol. The van der Waals surface area contributed by atoms with E-state index in [-0.39, 0.29) is 27.7 Å². The fraction of sp³-hybridized carbons (Fsp3) is 0.167. The van der Waals surface area contributed by atoms with Crippen LogP contribution in [0.4, 0.5) is 0 Å². The molecule has 0 bridgehead atoms. The minimum atomic E-state index is -1.20. The van der Waals surface area contributed by atoms with Gasteiger partial charge in [-0.25, -0.2) is 0 Å². The summed E-state index contributed by atoms with van der Waals surface area (Å²) in [5.74, 6) is -2.39. The Kier molecular flexibility index (Phi) is 7.07. The van der Waals surface area contributed by atoms with Gasteiger partial charge in [-0.2, -0.15) is 0 Å². The molecule has 1 unspecified atom stereocenters. The number of rotatable bonds is 6. The van der Waals surface area contributed by atoms with Crippen LogP contribution >= 0.6 is 34.8 Å². The third kappa shape index (κ3) is 5.60. The van der Waals surface area contributed by atoms with Crippen LogP contribution in [0, 0.1) is 0 Å². The maximum Gasteiger partial charge on any atom is 0.325 e. The maximum atomic E-state index is 12.3. The lowest BCUT2D eigenvalue weighted by Crippen LogP contribution is -2.38. The highest BCUT2D eigenvalue weighted by Gasteiger charge is 2.21. The maximum absolute atomic E-state index is 12.3. The van der Waals surface area contributed by atoms with E-state index in [4.69, 9.17) is 39.9 Å². The summed E-state index contributed by atoms with van der Waals surface area (Å²) in [6.07, 6.45) is 0. The first-order valence-corrected chi connectivity index (χ1v) is 8.87. The molecule has 0 fully saturated rings. The Morgan fingerprint density at radius 2 is 1.67 bits per heavy atom. The summed E-state index contributed by atoms with van der Waals surface area (Å²) in [7, 11) is 0. The molecule has 0 spiro atoms. The summed E-state index contributed by atoms with van der Waals surface area (Å²) >= 11 is 18.1. The second-order valence-corrected chi connectivity index (χ2v) is 6.91. The molecule has 9 heteroatoms. The summed E-state index contributed by atoms with van der Waals surface area (Å²) in [5, 5.41) is 14.2. The molecule has 6 nitrogen and oxygen atoms in total. The van der Waals surface area contributed by atoms with Crippen LogP contribution in [0.1, 0.15) is 33.2 Å². The number of carbonyl (C=O) groups is 3. The molecule has 0 saturated carbocycles. The highest BCUT2D eigenvalue weighted by Crippen LogP contribution is 2.27. The lowest BCUT2D eigenvalue weighted by Gasteiger charge is -2.13. The Morgan fingerprint density at radius 3 is 2.22 bits per heavy atom. The van der Waals surface area contributed by atoms with E-state index < -0.39 is 23.8 Å². The fourth-order valence-corrected chi connectivity index (χ4v) is 3.05. The van der Waals surface area contributed by atoms with Crippen molar-refractivity contribution in [3.8, 4) is 0 Å². The third-order valence-corrected chi connectivity index (χ3v) is 4.42. The van der Waals surface area contributed by atoms with Crippen molar-refractivity contribution in [2.24, 2.45) is 0 Å². The zero-order valence-electron chi connectivity index (χ0n) is 14.1. The summed E-state index contributed by atoms with van der Waals surface area (Å²) < 4.78 is 0. The van der Waals surface area contributed by atoms with Gasteiger partial charge in [0.2, 0.25) is 0 Å². The van der Waals surface area contributed by atoms with Gasteiger partial charge >= 0.3 is 5.97 Å². The van der Waals surface area contributed by atoms with Crippen LogP contribution in [0.5, 0.6) is 0 Å². The Balaban J connectivity index is 2.14. The average Bonchev–Trinajstić information content (AvgIpc) is 2.58. The Bertz CT molecular complexity index is 879. The van der Waals surface area contributed by atoms with Crippen molar-refractivity contribution < 1.29 is 19.5 Å². The molecule has 2 aromatic carbocycles. The van der Waals surface area contributed by atoms with Gasteiger partial charge in [0, 0.05) is 17.1 Å². The number of benzene rings is 2. The minimum absolute atomic E-state index is 0.0644. The molecule has 0 aliphatic rings. The van der Waals surface area contributed by atoms with E-state index in [0.717, 1.165) is 5.56 Å². The lowest BCUT2D eigenvalue weighted by molar-refractivity contribution is -0.138. The van der Waals surface area contributed by atoms with Crippen molar-refractivity contribution in [3.05, 3.63) is 68.2 Å². The van der Waals surface area contributed by atoms with Crippen molar-refractivity contribution in [3.63, 3.8) is 0 Å². The Labute approximate surface area is 170 Å². The van der Waals surface area contributed by atoms with Crippen molar-refractivity contribution in [1.82, 2.24) is 10.6 Å². The van der Waals surface area contributed by atoms with Gasteiger partial charge in [0.15, 0.2) is 0 Å². The number of aliphatic carboxylic acids is 1. The standard InChI is InChI=1S/C18H15Cl3N2O4/c1-9(18(26)27)23-17(25)15-13(20)6-11(7-14(15)21)16(24)22-8-10-3-2-4-12(19)5-10/h2-7,9H,8H2,1H3,(H,22,24)(H,23,25)(H,26,27). The van der Waals surface area contributed by atoms with Crippen LogP contribution in [0.2, 0.25) is 15.1 Å². The molecule has 2 amide bonds. The van der Waals surface area contributed by atoms with Crippen molar-refractivity contribution in [2.45, 2.75) is 19.5 Å². The minimum Gasteiger partial charge on any atom is -0.480 e. The molecule has 0 aliphatic carbocycles. The Morgan fingerprint density at radius 1 is 1.04 bits per heavy atom. The predicted octanol–water partition coefficient (Wildman–Crippen LogP) is 3.78. The molecule has 0 aliphatic heterocycles. The fourth-order valence-electron chi connectivity index (χ4n) is 2.18. The smallest absolute Gasteiger partial charge is 0.325 e. The number of amides is 2. The quantitative estimate of drug-likeness (QED) is 0.651. The number of carboxylic acids is 1. The predicted molar refractivity (Wildman–Crippen MR) is 104 cm³/mol. The molecule has 0 saturated heterocycles. The number of halogens is 3. The molecule has 142 valence electrons. The SMILES string of the molecule is CC(NC(=O)c1c(Cl)cc(C(=O)NCc2cccc(Cl)c2)cc1Cl)C(=O)O. The number of carboxylic acid groups (broad SMARTS) is 1. The zero-order valence-corrected chi connectivity index (χ0v) is 16.3. The van der Waals surface area contributed by atoms with Gasteiger partial charge in [0.1, 0.15) is 6.04 Å². The van der Waals surface area contributed by atoms with E-state index >= 15 is 0 Å². The largest absolute Gasteiger partial charge is 0.480 e. The van der Waals surface area contributed by atoms with Gasteiger partial charge in [0.05, 0.1) is 15.6 Å². The number of carbonyl (C=O) groups excluding carboxylic acids is 2. The molecular formula is C18H15Cl3N2O4. The van der Waals surface area contributed by atoms with Crippen LogP contribution < -0.4 is 10.6 Å². The first-order valence-electron chi connectivity index (χ1n) is 7.74. The van der Waals surface area contributed by atoms with E-state index in [1.165, 1.54) is 19.1 Å². The van der Waals surface area contributed by atoms with E-state index in [0.29, 0.717) is 5.02 Å².